The molecule has 7 nitrogen and oxygen atoms in total. The number of benzene rings is 1. The lowest BCUT2D eigenvalue weighted by atomic mass is 10.1. The summed E-state index contributed by atoms with van der Waals surface area (Å²) in [4.78, 5) is 9.48. The Kier molecular flexibility index (Phi) is 5.16. The molecule has 0 aliphatic heterocycles. The van der Waals surface area contributed by atoms with Gasteiger partial charge in [-0.2, -0.15) is 0 Å². The van der Waals surface area contributed by atoms with E-state index in [0.29, 0.717) is 36.5 Å². The molecule has 1 aromatic carbocycles. The molecule has 0 aliphatic carbocycles. The monoisotopic (exact) mass is 447 g/mol. The third-order valence-electron chi connectivity index (χ3n) is 4.21. The molecule has 3 heterocycles. The fourth-order valence-electron chi connectivity index (χ4n) is 2.70. The second-order valence-electron chi connectivity index (χ2n) is 6.55. The Morgan fingerprint density at radius 3 is 2.76 bits per heavy atom. The summed E-state index contributed by atoms with van der Waals surface area (Å²) in [5, 5.41) is 18.2. The first-order valence-electron chi connectivity index (χ1n) is 8.62. The first-order chi connectivity index (χ1) is 13.8. The van der Waals surface area contributed by atoms with E-state index in [1.54, 1.807) is 35.1 Å². The van der Waals surface area contributed by atoms with Crippen LogP contribution >= 0.6 is 34.5 Å². The normalized spacial score (nSPS) is 12.2. The summed E-state index contributed by atoms with van der Waals surface area (Å²) in [5.74, 6) is -0.397. The van der Waals surface area contributed by atoms with E-state index in [1.807, 2.05) is 19.9 Å². The van der Waals surface area contributed by atoms with E-state index in [-0.39, 0.29) is 11.9 Å². The van der Waals surface area contributed by atoms with Crippen LogP contribution in [0.25, 0.3) is 21.5 Å². The second kappa shape index (κ2) is 7.62. The summed E-state index contributed by atoms with van der Waals surface area (Å²) in [6, 6.07) is 8.90. The highest BCUT2D eigenvalue weighted by atomic mass is 35.5. The molecule has 10 heteroatoms. The SMILES string of the molecule is CC(C)[n+]1cc(/N=C(\[O-])c2sc3nc(-c4ccc(Cl)cc4Cl)ccc3c2N)on1. The molecule has 0 unspecified atom stereocenters. The van der Waals surface area contributed by atoms with E-state index in [2.05, 4.69) is 15.2 Å². The van der Waals surface area contributed by atoms with Gasteiger partial charge in [-0.05, 0) is 48.9 Å². The minimum atomic E-state index is -0.511. The summed E-state index contributed by atoms with van der Waals surface area (Å²) in [6.07, 6.45) is 1.56. The quantitative estimate of drug-likeness (QED) is 0.287. The van der Waals surface area contributed by atoms with Gasteiger partial charge in [-0.15, -0.1) is 11.3 Å². The zero-order chi connectivity index (χ0) is 20.7. The molecule has 0 saturated carbocycles. The van der Waals surface area contributed by atoms with Crippen molar-refractivity contribution in [3.8, 4) is 11.3 Å². The van der Waals surface area contributed by atoms with E-state index in [4.69, 9.17) is 33.5 Å². The lowest BCUT2D eigenvalue weighted by molar-refractivity contribution is -0.779. The molecule has 0 amide bonds. The smallest absolute Gasteiger partial charge is 0.320 e. The topological polar surface area (TPSA) is 104 Å². The summed E-state index contributed by atoms with van der Waals surface area (Å²) in [6.45, 7) is 3.88. The Morgan fingerprint density at radius 2 is 2.07 bits per heavy atom. The summed E-state index contributed by atoms with van der Waals surface area (Å²) >= 11 is 13.4. The minimum Gasteiger partial charge on any atom is -0.857 e. The molecule has 0 fully saturated rings. The first-order valence-corrected chi connectivity index (χ1v) is 10.2. The molecular formula is C19H15Cl2N5O2S. The first kappa shape index (κ1) is 19.6. The number of aromatic nitrogens is 3. The van der Waals surface area contributed by atoms with Crippen molar-refractivity contribution in [2.75, 3.05) is 5.73 Å². The van der Waals surface area contributed by atoms with Gasteiger partial charge >= 0.3 is 5.88 Å². The van der Waals surface area contributed by atoms with Crippen molar-refractivity contribution in [1.29, 1.82) is 0 Å². The fourth-order valence-corrected chi connectivity index (χ4v) is 4.18. The van der Waals surface area contributed by atoms with Gasteiger partial charge in [0.15, 0.2) is 6.04 Å². The Labute approximate surface area is 180 Å². The Balaban J connectivity index is 1.74. The van der Waals surface area contributed by atoms with Gasteiger partial charge in [0, 0.05) is 21.9 Å². The summed E-state index contributed by atoms with van der Waals surface area (Å²) in [5.41, 5.74) is 7.91. The fraction of sp³-hybridized carbons (Fsp3) is 0.158. The number of nitrogens with zero attached hydrogens (tertiary/aromatic N) is 4. The van der Waals surface area contributed by atoms with Crippen molar-refractivity contribution >= 4 is 62.2 Å². The van der Waals surface area contributed by atoms with Crippen molar-refractivity contribution in [1.82, 2.24) is 10.3 Å². The number of nitrogens with two attached hydrogens (primary N) is 1. The standard InChI is InChI=1S/C19H15Cl2N5O2S/c1-9(2)26-8-15(28-25-26)24-18(27)17-16(22)12-5-6-14(23-19(12)29-17)11-4-3-10(20)7-13(11)21/h3-9H,1-2H3,(H2-,22,24,25,27). The van der Waals surface area contributed by atoms with Crippen LogP contribution in [0.1, 0.15) is 24.8 Å². The van der Waals surface area contributed by atoms with Crippen molar-refractivity contribution in [3.05, 3.63) is 51.5 Å². The zero-order valence-electron chi connectivity index (χ0n) is 15.4. The highest BCUT2D eigenvalue weighted by Crippen LogP contribution is 2.36. The molecule has 29 heavy (non-hydrogen) atoms. The number of thiophene rings is 1. The number of anilines is 1. The van der Waals surface area contributed by atoms with Crippen LogP contribution in [0, 0.1) is 0 Å². The van der Waals surface area contributed by atoms with Crippen LogP contribution in [-0.4, -0.2) is 16.2 Å². The van der Waals surface area contributed by atoms with E-state index in [0.717, 1.165) is 16.9 Å². The van der Waals surface area contributed by atoms with Crippen LogP contribution in [0.15, 0.2) is 46.0 Å². The van der Waals surface area contributed by atoms with Crippen molar-refractivity contribution in [2.24, 2.45) is 4.99 Å². The van der Waals surface area contributed by atoms with Crippen LogP contribution < -0.4 is 15.5 Å². The Hall–Kier alpha value is -2.68. The lowest BCUT2D eigenvalue weighted by Crippen LogP contribution is -2.36. The van der Waals surface area contributed by atoms with Crippen LogP contribution in [0.4, 0.5) is 11.6 Å². The summed E-state index contributed by atoms with van der Waals surface area (Å²) in [7, 11) is 0. The largest absolute Gasteiger partial charge is 0.857 e. The molecule has 0 bridgehead atoms. The maximum Gasteiger partial charge on any atom is 0.320 e. The number of hydrogen-bond acceptors (Lipinski definition) is 7. The third kappa shape index (κ3) is 3.78. The van der Waals surface area contributed by atoms with Gasteiger partial charge in [-0.3, -0.25) is 4.52 Å². The molecular weight excluding hydrogens is 433 g/mol. The number of pyridine rings is 1. The van der Waals surface area contributed by atoms with Crippen molar-refractivity contribution < 1.29 is 14.3 Å². The Bertz CT molecular complexity index is 1250. The average molecular weight is 448 g/mol. The van der Waals surface area contributed by atoms with Gasteiger partial charge in [0.2, 0.25) is 5.27 Å². The molecule has 0 saturated heterocycles. The van der Waals surface area contributed by atoms with Crippen LogP contribution in [0.2, 0.25) is 10.0 Å². The number of fused-ring (bicyclic) bond motifs is 1. The number of hydrogen-bond donors (Lipinski definition) is 1. The van der Waals surface area contributed by atoms with Crippen molar-refractivity contribution in [2.45, 2.75) is 19.9 Å². The van der Waals surface area contributed by atoms with E-state index in [9.17, 15) is 5.11 Å². The second-order valence-corrected chi connectivity index (χ2v) is 8.39. The molecule has 0 aliphatic rings. The molecule has 0 spiro atoms. The number of nitrogen functional groups attached to an aromatic ring is 1. The lowest BCUT2D eigenvalue weighted by Gasteiger charge is -2.06. The zero-order valence-corrected chi connectivity index (χ0v) is 17.7. The van der Waals surface area contributed by atoms with Gasteiger partial charge in [-0.25, -0.2) is 9.98 Å². The van der Waals surface area contributed by atoms with Crippen LogP contribution in [0.3, 0.4) is 0 Å². The van der Waals surface area contributed by atoms with Crippen molar-refractivity contribution in [3.63, 3.8) is 0 Å². The summed E-state index contributed by atoms with van der Waals surface area (Å²) < 4.78 is 6.65. The highest BCUT2D eigenvalue weighted by Gasteiger charge is 2.16. The van der Waals surface area contributed by atoms with Gasteiger partial charge in [0.1, 0.15) is 4.83 Å². The van der Waals surface area contributed by atoms with Gasteiger partial charge < -0.3 is 10.8 Å². The molecule has 4 aromatic rings. The van der Waals surface area contributed by atoms with E-state index in [1.165, 1.54) is 0 Å². The average Bonchev–Trinajstić information content (AvgIpc) is 3.26. The molecule has 3 aromatic heterocycles. The Morgan fingerprint density at radius 1 is 1.28 bits per heavy atom. The van der Waals surface area contributed by atoms with E-state index < -0.39 is 5.90 Å². The number of aliphatic imine (C=N–C) groups is 1. The van der Waals surface area contributed by atoms with Crippen LogP contribution in [-0.2, 0) is 0 Å². The minimum absolute atomic E-state index is 0.0921. The number of rotatable bonds is 4. The van der Waals surface area contributed by atoms with Gasteiger partial charge in [-0.1, -0.05) is 23.2 Å². The molecule has 0 atom stereocenters. The predicted octanol–water partition coefficient (Wildman–Crippen LogP) is 4.15. The van der Waals surface area contributed by atoms with Gasteiger partial charge in [0.25, 0.3) is 6.20 Å². The maximum atomic E-state index is 12.6. The molecule has 148 valence electrons. The molecule has 0 radical (unpaired) electrons. The third-order valence-corrected chi connectivity index (χ3v) is 5.86. The molecule has 2 N–H and O–H groups in total. The highest BCUT2D eigenvalue weighted by molar-refractivity contribution is 7.21. The van der Waals surface area contributed by atoms with Crippen LogP contribution in [0.5, 0.6) is 0 Å². The molecule has 4 rings (SSSR count). The van der Waals surface area contributed by atoms with E-state index >= 15 is 0 Å². The van der Waals surface area contributed by atoms with Gasteiger partial charge in [0.05, 0.1) is 21.3 Å². The number of halogens is 2. The predicted molar refractivity (Wildman–Crippen MR) is 113 cm³/mol. The maximum absolute atomic E-state index is 12.6.